The minimum Gasteiger partial charge on any atom is -0.495 e. The SMILES string of the molecule is COc1ccc(C2(O)CC3COCC(C2)N3C(=O)OC(C)(C)C)cc1C#N. The van der Waals surface area contributed by atoms with Crippen molar-refractivity contribution >= 4 is 6.09 Å². The Morgan fingerprint density at radius 3 is 2.48 bits per heavy atom. The van der Waals surface area contributed by atoms with Gasteiger partial charge in [-0.15, -0.1) is 0 Å². The molecule has 2 heterocycles. The molecular formula is C20H26N2O5. The van der Waals surface area contributed by atoms with E-state index in [1.807, 2.05) is 20.8 Å². The normalized spacial score (nSPS) is 27.6. The molecule has 7 heteroatoms. The zero-order valence-corrected chi connectivity index (χ0v) is 16.2. The molecule has 3 rings (SSSR count). The van der Waals surface area contributed by atoms with Crippen LogP contribution >= 0.6 is 0 Å². The second kappa shape index (κ2) is 7.02. The van der Waals surface area contributed by atoms with Crippen LogP contribution in [0, 0.1) is 11.3 Å². The lowest BCUT2D eigenvalue weighted by Crippen LogP contribution is -2.63. The van der Waals surface area contributed by atoms with Crippen molar-refractivity contribution in [3.63, 3.8) is 0 Å². The van der Waals surface area contributed by atoms with Crippen LogP contribution < -0.4 is 4.74 Å². The summed E-state index contributed by atoms with van der Waals surface area (Å²) in [6, 6.07) is 6.66. The predicted octanol–water partition coefficient (Wildman–Crippen LogP) is 2.55. The summed E-state index contributed by atoms with van der Waals surface area (Å²) in [4.78, 5) is 14.4. The fourth-order valence-corrected chi connectivity index (χ4v) is 3.91. The van der Waals surface area contributed by atoms with E-state index >= 15 is 0 Å². The smallest absolute Gasteiger partial charge is 0.410 e. The van der Waals surface area contributed by atoms with Crippen LogP contribution in [-0.4, -0.2) is 54.1 Å². The number of carbonyl (C=O) groups excluding carboxylic acids is 1. The molecule has 0 saturated carbocycles. The van der Waals surface area contributed by atoms with Crippen molar-refractivity contribution in [2.45, 2.75) is 56.9 Å². The van der Waals surface area contributed by atoms with Crippen molar-refractivity contribution in [2.24, 2.45) is 0 Å². The topological polar surface area (TPSA) is 92.0 Å². The molecule has 0 aliphatic carbocycles. The van der Waals surface area contributed by atoms with Crippen molar-refractivity contribution in [3.8, 4) is 11.8 Å². The number of piperidine rings is 1. The highest BCUT2D eigenvalue weighted by Gasteiger charge is 2.50. The molecule has 0 aromatic heterocycles. The second-order valence-corrected chi connectivity index (χ2v) is 8.20. The van der Waals surface area contributed by atoms with Gasteiger partial charge in [0.05, 0.1) is 43.6 Å². The van der Waals surface area contributed by atoms with Gasteiger partial charge in [-0.05, 0) is 38.5 Å². The first kappa shape index (κ1) is 19.5. The first-order valence-corrected chi connectivity index (χ1v) is 9.07. The Labute approximate surface area is 159 Å². The number of rotatable bonds is 2. The summed E-state index contributed by atoms with van der Waals surface area (Å²) in [5.74, 6) is 0.472. The van der Waals surface area contributed by atoms with Gasteiger partial charge in [-0.2, -0.15) is 5.26 Å². The summed E-state index contributed by atoms with van der Waals surface area (Å²) >= 11 is 0. The molecule has 0 spiro atoms. The van der Waals surface area contributed by atoms with Crippen molar-refractivity contribution in [1.29, 1.82) is 5.26 Å². The zero-order chi connectivity index (χ0) is 19.8. The van der Waals surface area contributed by atoms with E-state index in [-0.39, 0.29) is 18.2 Å². The van der Waals surface area contributed by atoms with E-state index in [0.717, 1.165) is 0 Å². The van der Waals surface area contributed by atoms with E-state index in [0.29, 0.717) is 42.9 Å². The molecule has 2 aliphatic heterocycles. The van der Waals surface area contributed by atoms with Crippen molar-refractivity contribution in [2.75, 3.05) is 20.3 Å². The number of ether oxygens (including phenoxy) is 3. The Morgan fingerprint density at radius 1 is 1.33 bits per heavy atom. The molecule has 7 nitrogen and oxygen atoms in total. The number of hydrogen-bond acceptors (Lipinski definition) is 6. The van der Waals surface area contributed by atoms with Crippen LogP contribution in [-0.2, 0) is 15.1 Å². The first-order chi connectivity index (χ1) is 12.7. The van der Waals surface area contributed by atoms with Crippen molar-refractivity contribution < 1.29 is 24.1 Å². The Morgan fingerprint density at radius 2 is 1.96 bits per heavy atom. The maximum Gasteiger partial charge on any atom is 0.410 e. The molecule has 2 saturated heterocycles. The maximum atomic E-state index is 12.7. The van der Waals surface area contributed by atoms with E-state index in [4.69, 9.17) is 14.2 Å². The van der Waals surface area contributed by atoms with Crippen LogP contribution in [0.15, 0.2) is 18.2 Å². The summed E-state index contributed by atoms with van der Waals surface area (Å²) in [5.41, 5.74) is -0.701. The summed E-state index contributed by atoms with van der Waals surface area (Å²) in [5, 5.41) is 20.7. The lowest BCUT2D eigenvalue weighted by Gasteiger charge is -2.51. The van der Waals surface area contributed by atoms with Crippen LogP contribution in [0.5, 0.6) is 5.75 Å². The minimum absolute atomic E-state index is 0.287. The number of amides is 1. The Bertz CT molecular complexity index is 751. The molecule has 2 unspecified atom stereocenters. The van der Waals surface area contributed by atoms with Gasteiger partial charge >= 0.3 is 6.09 Å². The highest BCUT2D eigenvalue weighted by atomic mass is 16.6. The number of morpholine rings is 1. The molecule has 1 aromatic rings. The monoisotopic (exact) mass is 374 g/mol. The van der Waals surface area contributed by atoms with Crippen LogP contribution in [0.4, 0.5) is 4.79 Å². The molecule has 1 amide bonds. The Balaban J connectivity index is 1.87. The van der Waals surface area contributed by atoms with Crippen molar-refractivity contribution in [3.05, 3.63) is 29.3 Å². The number of benzene rings is 1. The van der Waals surface area contributed by atoms with E-state index < -0.39 is 11.2 Å². The minimum atomic E-state index is -1.14. The fraction of sp³-hybridized carbons (Fsp3) is 0.600. The fourth-order valence-electron chi connectivity index (χ4n) is 3.91. The number of aliphatic hydroxyl groups is 1. The highest BCUT2D eigenvalue weighted by Crippen LogP contribution is 2.42. The predicted molar refractivity (Wildman–Crippen MR) is 97.3 cm³/mol. The van der Waals surface area contributed by atoms with Gasteiger partial charge in [-0.3, -0.25) is 4.90 Å². The molecule has 2 fully saturated rings. The Kier molecular flexibility index (Phi) is 5.06. The highest BCUT2D eigenvalue weighted by molar-refractivity contribution is 5.69. The second-order valence-electron chi connectivity index (χ2n) is 8.20. The van der Waals surface area contributed by atoms with Crippen LogP contribution in [0.25, 0.3) is 0 Å². The van der Waals surface area contributed by atoms with E-state index in [1.54, 1.807) is 23.1 Å². The Hall–Kier alpha value is -2.30. The molecular weight excluding hydrogens is 348 g/mol. The molecule has 2 bridgehead atoms. The number of methoxy groups -OCH3 is 1. The number of nitrogens with zero attached hydrogens (tertiary/aromatic N) is 2. The van der Waals surface area contributed by atoms with Crippen LogP contribution in [0.2, 0.25) is 0 Å². The lowest BCUT2D eigenvalue weighted by molar-refractivity contribution is -0.141. The molecule has 27 heavy (non-hydrogen) atoms. The number of hydrogen-bond donors (Lipinski definition) is 1. The summed E-state index contributed by atoms with van der Waals surface area (Å²) < 4.78 is 16.4. The summed E-state index contributed by atoms with van der Waals surface area (Å²) in [6.07, 6.45) is 0.259. The molecule has 1 aromatic carbocycles. The average molecular weight is 374 g/mol. The van der Waals surface area contributed by atoms with Crippen LogP contribution in [0.3, 0.4) is 0 Å². The molecule has 146 valence electrons. The zero-order valence-electron chi connectivity index (χ0n) is 16.2. The number of nitriles is 1. The van der Waals surface area contributed by atoms with Crippen molar-refractivity contribution in [1.82, 2.24) is 4.90 Å². The van der Waals surface area contributed by atoms with Gasteiger partial charge in [0.2, 0.25) is 0 Å². The van der Waals surface area contributed by atoms with E-state index in [2.05, 4.69) is 6.07 Å². The number of carbonyl (C=O) groups is 1. The van der Waals surface area contributed by atoms with Gasteiger partial charge in [-0.25, -0.2) is 4.79 Å². The molecule has 2 atom stereocenters. The standard InChI is InChI=1S/C20H26N2O5/c1-19(2,3)27-18(23)22-15-8-20(24,9-16(22)12-26-11-15)14-5-6-17(25-4)13(7-14)10-21/h5-7,15-16,24H,8-9,11-12H2,1-4H3. The van der Waals surface area contributed by atoms with E-state index in [1.165, 1.54) is 7.11 Å². The largest absolute Gasteiger partial charge is 0.495 e. The molecule has 0 radical (unpaired) electrons. The number of fused-ring (bicyclic) bond motifs is 2. The summed E-state index contributed by atoms with van der Waals surface area (Å²) in [7, 11) is 1.51. The summed E-state index contributed by atoms with van der Waals surface area (Å²) in [6.45, 7) is 6.19. The van der Waals surface area contributed by atoms with Crippen LogP contribution in [0.1, 0.15) is 44.7 Å². The van der Waals surface area contributed by atoms with Gasteiger partial charge in [0.1, 0.15) is 17.4 Å². The third-order valence-corrected chi connectivity index (χ3v) is 5.02. The molecule has 2 aliphatic rings. The van der Waals surface area contributed by atoms with Gasteiger partial charge in [0, 0.05) is 12.8 Å². The van der Waals surface area contributed by atoms with E-state index in [9.17, 15) is 15.2 Å². The lowest BCUT2D eigenvalue weighted by atomic mass is 9.76. The van der Waals surface area contributed by atoms with Gasteiger partial charge in [0.15, 0.2) is 0 Å². The first-order valence-electron chi connectivity index (χ1n) is 9.07. The maximum absolute atomic E-state index is 12.7. The van der Waals surface area contributed by atoms with Gasteiger partial charge in [0.25, 0.3) is 0 Å². The van der Waals surface area contributed by atoms with Gasteiger partial charge in [-0.1, -0.05) is 6.07 Å². The quantitative estimate of drug-likeness (QED) is 0.855. The average Bonchev–Trinajstić information content (AvgIpc) is 2.58. The molecule has 1 N–H and O–H groups in total. The third-order valence-electron chi connectivity index (χ3n) is 5.02. The van der Waals surface area contributed by atoms with Gasteiger partial charge < -0.3 is 19.3 Å². The third kappa shape index (κ3) is 3.87.